The Labute approximate surface area is 115 Å². The van der Waals surface area contributed by atoms with E-state index in [4.69, 9.17) is 5.73 Å². The first-order chi connectivity index (χ1) is 8.63. The first kappa shape index (κ1) is 15.9. The molecule has 0 aliphatic heterocycles. The third-order valence-corrected chi connectivity index (χ3v) is 4.64. The summed E-state index contributed by atoms with van der Waals surface area (Å²) in [5.74, 6) is 0. The number of nitrogens with two attached hydrogens (primary N) is 1. The fourth-order valence-corrected chi connectivity index (χ4v) is 4.00. The lowest BCUT2D eigenvalue weighted by Gasteiger charge is -2.20. The van der Waals surface area contributed by atoms with Crippen molar-refractivity contribution in [2.24, 2.45) is 0 Å². The molecule has 0 heterocycles. The standard InChI is InChI=1S/C13H23N3O2S/c1-9-6-12(14)7-10(2)13(9)19(17,18)15-11(3)8-16(4)5/h6-7,11,15H,8,14H2,1-5H3. The van der Waals surface area contributed by atoms with E-state index in [2.05, 4.69) is 4.72 Å². The van der Waals surface area contributed by atoms with Crippen LogP contribution < -0.4 is 10.5 Å². The van der Waals surface area contributed by atoms with Gasteiger partial charge in [0, 0.05) is 18.3 Å². The number of hydrogen-bond donors (Lipinski definition) is 2. The first-order valence-electron chi connectivity index (χ1n) is 6.17. The molecular formula is C13H23N3O2S. The molecule has 1 unspecified atom stereocenters. The summed E-state index contributed by atoms with van der Waals surface area (Å²) in [6.07, 6.45) is 0. The number of aryl methyl sites for hydroxylation is 2. The molecule has 19 heavy (non-hydrogen) atoms. The number of sulfonamides is 1. The van der Waals surface area contributed by atoms with Gasteiger partial charge in [-0.2, -0.15) is 0 Å². The highest BCUT2D eigenvalue weighted by Gasteiger charge is 2.22. The molecule has 1 aromatic rings. The van der Waals surface area contributed by atoms with Crippen LogP contribution in [-0.2, 0) is 10.0 Å². The van der Waals surface area contributed by atoms with Gasteiger partial charge in [0.05, 0.1) is 4.90 Å². The predicted molar refractivity (Wildman–Crippen MR) is 78.7 cm³/mol. The summed E-state index contributed by atoms with van der Waals surface area (Å²) in [5, 5.41) is 0. The number of anilines is 1. The van der Waals surface area contributed by atoms with Crippen LogP contribution in [0.15, 0.2) is 17.0 Å². The zero-order chi connectivity index (χ0) is 14.8. The lowest BCUT2D eigenvalue weighted by atomic mass is 10.1. The summed E-state index contributed by atoms with van der Waals surface area (Å²) in [6.45, 7) is 6.01. The third-order valence-electron chi connectivity index (χ3n) is 2.75. The van der Waals surface area contributed by atoms with Crippen LogP contribution in [0, 0.1) is 13.8 Å². The van der Waals surface area contributed by atoms with Crippen LogP contribution in [0.5, 0.6) is 0 Å². The Morgan fingerprint density at radius 1 is 1.26 bits per heavy atom. The van der Waals surface area contributed by atoms with Crippen molar-refractivity contribution in [1.82, 2.24) is 9.62 Å². The zero-order valence-corrected chi connectivity index (χ0v) is 13.0. The van der Waals surface area contributed by atoms with Gasteiger partial charge in [0.1, 0.15) is 0 Å². The van der Waals surface area contributed by atoms with Crippen molar-refractivity contribution in [3.05, 3.63) is 23.3 Å². The van der Waals surface area contributed by atoms with E-state index in [1.165, 1.54) is 0 Å². The van der Waals surface area contributed by atoms with Crippen LogP contribution in [0.1, 0.15) is 18.1 Å². The van der Waals surface area contributed by atoms with Gasteiger partial charge in [-0.05, 0) is 58.1 Å². The minimum atomic E-state index is -3.52. The summed E-state index contributed by atoms with van der Waals surface area (Å²) >= 11 is 0. The smallest absolute Gasteiger partial charge is 0.241 e. The van der Waals surface area contributed by atoms with E-state index in [0.29, 0.717) is 28.3 Å². The molecule has 3 N–H and O–H groups in total. The van der Waals surface area contributed by atoms with Crippen molar-refractivity contribution < 1.29 is 8.42 Å². The summed E-state index contributed by atoms with van der Waals surface area (Å²) in [7, 11) is 0.299. The van der Waals surface area contributed by atoms with Crippen molar-refractivity contribution in [3.8, 4) is 0 Å². The second kappa shape index (κ2) is 5.90. The second-order valence-corrected chi connectivity index (χ2v) is 6.92. The highest BCUT2D eigenvalue weighted by Crippen LogP contribution is 2.23. The molecule has 0 spiro atoms. The fourth-order valence-electron chi connectivity index (χ4n) is 2.32. The zero-order valence-electron chi connectivity index (χ0n) is 12.2. The van der Waals surface area contributed by atoms with Crippen molar-refractivity contribution in [2.75, 3.05) is 26.4 Å². The number of hydrogen-bond acceptors (Lipinski definition) is 4. The summed E-state index contributed by atoms with van der Waals surface area (Å²) in [6, 6.07) is 3.20. The van der Waals surface area contributed by atoms with E-state index < -0.39 is 10.0 Å². The van der Waals surface area contributed by atoms with E-state index in [1.807, 2.05) is 25.9 Å². The van der Waals surface area contributed by atoms with E-state index in [-0.39, 0.29) is 6.04 Å². The molecule has 5 nitrogen and oxygen atoms in total. The monoisotopic (exact) mass is 285 g/mol. The quantitative estimate of drug-likeness (QED) is 0.795. The van der Waals surface area contributed by atoms with Gasteiger partial charge in [-0.15, -0.1) is 0 Å². The van der Waals surface area contributed by atoms with Gasteiger partial charge < -0.3 is 10.6 Å². The Kier molecular flexibility index (Phi) is 4.95. The van der Waals surface area contributed by atoms with E-state index in [0.717, 1.165) is 0 Å². The van der Waals surface area contributed by atoms with Crippen molar-refractivity contribution >= 4 is 15.7 Å². The minimum absolute atomic E-state index is 0.156. The minimum Gasteiger partial charge on any atom is -0.399 e. The van der Waals surface area contributed by atoms with Crippen molar-refractivity contribution in [1.29, 1.82) is 0 Å². The van der Waals surface area contributed by atoms with E-state index >= 15 is 0 Å². The maximum atomic E-state index is 12.4. The van der Waals surface area contributed by atoms with Gasteiger partial charge in [0.25, 0.3) is 0 Å². The highest BCUT2D eigenvalue weighted by molar-refractivity contribution is 7.89. The maximum absolute atomic E-state index is 12.4. The number of nitrogen functional groups attached to an aromatic ring is 1. The van der Waals surface area contributed by atoms with Crippen LogP contribution >= 0.6 is 0 Å². The molecule has 0 bridgehead atoms. The first-order valence-corrected chi connectivity index (χ1v) is 7.65. The summed E-state index contributed by atoms with van der Waals surface area (Å²) < 4.78 is 27.5. The lowest BCUT2D eigenvalue weighted by Crippen LogP contribution is -2.39. The Morgan fingerprint density at radius 2 is 1.74 bits per heavy atom. The Morgan fingerprint density at radius 3 is 2.16 bits per heavy atom. The normalized spacial score (nSPS) is 13.8. The van der Waals surface area contributed by atoms with Crippen LogP contribution in [-0.4, -0.2) is 40.0 Å². The molecule has 0 saturated carbocycles. The molecule has 0 aromatic heterocycles. The van der Waals surface area contributed by atoms with Gasteiger partial charge in [0.2, 0.25) is 10.0 Å². The average Bonchev–Trinajstić information content (AvgIpc) is 2.10. The molecule has 1 rings (SSSR count). The number of likely N-dealkylation sites (N-methyl/N-ethyl adjacent to an activating group) is 1. The molecule has 1 atom stereocenters. The van der Waals surface area contributed by atoms with Gasteiger partial charge >= 0.3 is 0 Å². The van der Waals surface area contributed by atoms with Crippen LogP contribution in [0.2, 0.25) is 0 Å². The molecule has 1 aromatic carbocycles. The molecule has 0 radical (unpaired) electrons. The van der Waals surface area contributed by atoms with Gasteiger partial charge in [-0.3, -0.25) is 0 Å². The molecule has 0 aliphatic carbocycles. The molecule has 6 heteroatoms. The molecule has 0 saturated heterocycles. The third kappa shape index (κ3) is 4.19. The molecule has 0 aliphatic rings. The second-order valence-electron chi connectivity index (χ2n) is 5.27. The predicted octanol–water partition coefficient (Wildman–Crippen LogP) is 1.11. The largest absolute Gasteiger partial charge is 0.399 e. The Hall–Kier alpha value is -1.11. The van der Waals surface area contributed by atoms with Crippen LogP contribution in [0.4, 0.5) is 5.69 Å². The van der Waals surface area contributed by atoms with Crippen molar-refractivity contribution in [3.63, 3.8) is 0 Å². The van der Waals surface area contributed by atoms with Gasteiger partial charge in [-0.1, -0.05) is 0 Å². The van der Waals surface area contributed by atoms with E-state index in [1.54, 1.807) is 26.0 Å². The van der Waals surface area contributed by atoms with E-state index in [9.17, 15) is 8.42 Å². The lowest BCUT2D eigenvalue weighted by molar-refractivity contribution is 0.370. The topological polar surface area (TPSA) is 75.4 Å². The summed E-state index contributed by atoms with van der Waals surface area (Å²) in [5.41, 5.74) is 7.63. The highest BCUT2D eigenvalue weighted by atomic mass is 32.2. The van der Waals surface area contributed by atoms with Crippen molar-refractivity contribution in [2.45, 2.75) is 31.7 Å². The Bertz CT molecular complexity index is 530. The molecule has 108 valence electrons. The van der Waals surface area contributed by atoms with Gasteiger partial charge in [-0.25, -0.2) is 13.1 Å². The van der Waals surface area contributed by atoms with Crippen LogP contribution in [0.25, 0.3) is 0 Å². The molecular weight excluding hydrogens is 262 g/mol. The average molecular weight is 285 g/mol. The number of rotatable bonds is 5. The van der Waals surface area contributed by atoms with Crippen LogP contribution in [0.3, 0.4) is 0 Å². The summed E-state index contributed by atoms with van der Waals surface area (Å²) in [4.78, 5) is 2.27. The van der Waals surface area contributed by atoms with Gasteiger partial charge in [0.15, 0.2) is 0 Å². The number of nitrogens with zero attached hydrogens (tertiary/aromatic N) is 1. The molecule has 0 amide bonds. The SMILES string of the molecule is Cc1cc(N)cc(C)c1S(=O)(=O)NC(C)CN(C)C. The number of benzene rings is 1. The Balaban J connectivity index is 3.08. The molecule has 0 fully saturated rings. The maximum Gasteiger partial charge on any atom is 0.241 e. The fraction of sp³-hybridized carbons (Fsp3) is 0.538. The number of nitrogens with one attached hydrogen (secondary N) is 1.